The number of benzene rings is 1. The Morgan fingerprint density at radius 1 is 1.00 bits per heavy atom. The molecule has 86 valence electrons. The lowest BCUT2D eigenvalue weighted by atomic mass is 10.2. The Morgan fingerprint density at radius 2 is 1.76 bits per heavy atom. The normalized spacial score (nSPS) is 10.2. The van der Waals surface area contributed by atoms with Gasteiger partial charge in [-0.25, -0.2) is 4.98 Å². The average molecular weight is 309 g/mol. The largest absolute Gasteiger partial charge is 1.00 e. The van der Waals surface area contributed by atoms with Gasteiger partial charge in [0.25, 0.3) is 0 Å². The molecule has 0 fully saturated rings. The third-order valence-corrected chi connectivity index (χ3v) is 2.76. The summed E-state index contributed by atoms with van der Waals surface area (Å²) in [5.41, 5.74) is 2.99. The number of imidazole rings is 1. The fourth-order valence-electron chi connectivity index (χ4n) is 1.69. The number of pyridine rings is 1. The van der Waals surface area contributed by atoms with Crippen LogP contribution in [0.1, 0.15) is 0 Å². The van der Waals surface area contributed by atoms with Crippen molar-refractivity contribution >= 4 is 17.2 Å². The summed E-state index contributed by atoms with van der Waals surface area (Å²) in [7, 11) is 0. The summed E-state index contributed by atoms with van der Waals surface area (Å²) >= 11 is 5.85. The van der Waals surface area contributed by atoms with Crippen molar-refractivity contribution in [3.63, 3.8) is 0 Å². The zero-order valence-corrected chi connectivity index (χ0v) is 11.2. The highest BCUT2D eigenvalue weighted by Gasteiger charge is 2.02. The van der Waals surface area contributed by atoms with E-state index < -0.39 is 0 Å². The number of nitrogens with zero attached hydrogens (tertiary/aromatic N) is 2. The van der Waals surface area contributed by atoms with E-state index in [4.69, 9.17) is 11.6 Å². The van der Waals surface area contributed by atoms with E-state index in [-0.39, 0.29) is 17.0 Å². The number of rotatable bonds is 1. The van der Waals surface area contributed by atoms with Gasteiger partial charge in [0.15, 0.2) is 0 Å². The molecule has 2 aromatic heterocycles. The third kappa shape index (κ3) is 2.35. The second-order valence-electron chi connectivity index (χ2n) is 3.60. The Morgan fingerprint density at radius 3 is 2.47 bits per heavy atom. The van der Waals surface area contributed by atoms with Gasteiger partial charge in [-0.15, -0.1) is 0 Å². The summed E-state index contributed by atoms with van der Waals surface area (Å²) in [6.45, 7) is 0. The second kappa shape index (κ2) is 4.90. The lowest BCUT2D eigenvalue weighted by Crippen LogP contribution is -3.00. The molecule has 4 heteroatoms. The zero-order valence-electron chi connectivity index (χ0n) is 8.85. The Labute approximate surface area is 115 Å². The second-order valence-corrected chi connectivity index (χ2v) is 4.04. The zero-order chi connectivity index (χ0) is 11.0. The smallest absolute Gasteiger partial charge is 0.137 e. The average Bonchev–Trinajstić information content (AvgIpc) is 2.73. The molecular weight excluding hydrogens is 300 g/mol. The molecule has 0 aliphatic heterocycles. The molecule has 0 saturated heterocycles. The van der Waals surface area contributed by atoms with Crippen LogP contribution in [-0.4, -0.2) is 9.38 Å². The van der Waals surface area contributed by atoms with Gasteiger partial charge in [0.1, 0.15) is 5.65 Å². The molecule has 1 aromatic carbocycles. The highest BCUT2D eigenvalue weighted by atomic mass is 79.9. The number of fused-ring (bicyclic) bond motifs is 1. The summed E-state index contributed by atoms with van der Waals surface area (Å²) in [4.78, 5) is 4.53. The first kappa shape index (κ1) is 12.1. The van der Waals surface area contributed by atoms with Crippen molar-refractivity contribution in [1.29, 1.82) is 0 Å². The maximum Gasteiger partial charge on any atom is 0.137 e. The van der Waals surface area contributed by atoms with Crippen molar-refractivity contribution < 1.29 is 17.0 Å². The van der Waals surface area contributed by atoms with Crippen LogP contribution in [0.4, 0.5) is 0 Å². The number of halogens is 2. The van der Waals surface area contributed by atoms with Gasteiger partial charge in [0.2, 0.25) is 0 Å². The third-order valence-electron chi connectivity index (χ3n) is 2.50. The van der Waals surface area contributed by atoms with E-state index in [0.29, 0.717) is 0 Å². The van der Waals surface area contributed by atoms with Gasteiger partial charge < -0.3 is 21.4 Å². The molecular formula is C13H9BrClN2-. The van der Waals surface area contributed by atoms with E-state index in [2.05, 4.69) is 4.98 Å². The van der Waals surface area contributed by atoms with Crippen LogP contribution in [0.3, 0.4) is 0 Å². The molecule has 3 aromatic rings. The van der Waals surface area contributed by atoms with E-state index in [1.165, 1.54) is 0 Å². The molecule has 0 spiro atoms. The van der Waals surface area contributed by atoms with E-state index in [0.717, 1.165) is 21.9 Å². The molecule has 3 rings (SSSR count). The molecule has 0 atom stereocenters. The van der Waals surface area contributed by atoms with Crippen molar-refractivity contribution in [2.45, 2.75) is 0 Å². The standard InChI is InChI=1S/C13H9ClN2.BrH/c14-11-6-4-10(5-7-11)12-9-16-8-2-1-3-13(16)15-12;/h1-9H;1H/p-1. The van der Waals surface area contributed by atoms with Gasteiger partial charge in [0, 0.05) is 23.0 Å². The quantitative estimate of drug-likeness (QED) is 0.645. The van der Waals surface area contributed by atoms with Gasteiger partial charge >= 0.3 is 0 Å². The van der Waals surface area contributed by atoms with Crippen molar-refractivity contribution in [1.82, 2.24) is 9.38 Å². The summed E-state index contributed by atoms with van der Waals surface area (Å²) < 4.78 is 2.00. The van der Waals surface area contributed by atoms with Gasteiger partial charge in [-0.2, -0.15) is 0 Å². The maximum absolute atomic E-state index is 5.85. The molecule has 2 heterocycles. The molecule has 0 radical (unpaired) electrons. The van der Waals surface area contributed by atoms with Crippen molar-refractivity contribution in [2.75, 3.05) is 0 Å². The van der Waals surface area contributed by atoms with E-state index >= 15 is 0 Å². The van der Waals surface area contributed by atoms with Crippen LogP contribution in [0.2, 0.25) is 5.02 Å². The lowest BCUT2D eigenvalue weighted by Gasteiger charge is -1.94. The van der Waals surface area contributed by atoms with Crippen LogP contribution in [-0.2, 0) is 0 Å². The van der Waals surface area contributed by atoms with E-state index in [9.17, 15) is 0 Å². The van der Waals surface area contributed by atoms with Gasteiger partial charge in [-0.3, -0.25) is 0 Å². The first-order valence-corrected chi connectivity index (χ1v) is 5.40. The first-order valence-electron chi connectivity index (χ1n) is 5.02. The molecule has 0 unspecified atom stereocenters. The highest BCUT2D eigenvalue weighted by molar-refractivity contribution is 6.30. The van der Waals surface area contributed by atoms with Crippen molar-refractivity contribution in [3.8, 4) is 11.3 Å². The molecule has 0 aliphatic carbocycles. The van der Waals surface area contributed by atoms with Crippen molar-refractivity contribution in [3.05, 3.63) is 59.9 Å². The van der Waals surface area contributed by atoms with Crippen LogP contribution in [0, 0.1) is 0 Å². The summed E-state index contributed by atoms with van der Waals surface area (Å²) in [5.74, 6) is 0. The molecule has 0 bridgehead atoms. The molecule has 0 aliphatic rings. The van der Waals surface area contributed by atoms with Gasteiger partial charge in [-0.1, -0.05) is 29.8 Å². The summed E-state index contributed by atoms with van der Waals surface area (Å²) in [5, 5.41) is 0.743. The fourth-order valence-corrected chi connectivity index (χ4v) is 1.82. The molecule has 0 N–H and O–H groups in total. The van der Waals surface area contributed by atoms with Crippen LogP contribution in [0.25, 0.3) is 16.9 Å². The van der Waals surface area contributed by atoms with Gasteiger partial charge in [-0.05, 0) is 24.3 Å². The molecule has 2 nitrogen and oxygen atoms in total. The monoisotopic (exact) mass is 307 g/mol. The highest BCUT2D eigenvalue weighted by Crippen LogP contribution is 2.20. The topological polar surface area (TPSA) is 17.3 Å². The van der Waals surface area contributed by atoms with Crippen molar-refractivity contribution in [2.24, 2.45) is 0 Å². The minimum atomic E-state index is 0. The van der Waals surface area contributed by atoms with Crippen LogP contribution in [0.15, 0.2) is 54.9 Å². The number of aromatic nitrogens is 2. The molecule has 0 amide bonds. The minimum Gasteiger partial charge on any atom is -1.00 e. The summed E-state index contributed by atoms with van der Waals surface area (Å²) in [6, 6.07) is 13.7. The Kier molecular flexibility index (Phi) is 3.50. The molecule has 0 saturated carbocycles. The van der Waals surface area contributed by atoms with E-state index in [1.807, 2.05) is 59.3 Å². The SMILES string of the molecule is Clc1ccc(-c2cn3ccccc3n2)cc1.[Br-]. The van der Waals surface area contributed by atoms with Gasteiger partial charge in [0.05, 0.1) is 5.69 Å². The predicted molar refractivity (Wildman–Crippen MR) is 65.6 cm³/mol. The minimum absolute atomic E-state index is 0. The Bertz CT molecular complexity index is 598. The Hall–Kier alpha value is -1.32. The number of hydrogen-bond acceptors (Lipinski definition) is 1. The summed E-state index contributed by atoms with van der Waals surface area (Å²) in [6.07, 6.45) is 4.00. The molecule has 17 heavy (non-hydrogen) atoms. The fraction of sp³-hybridized carbons (Fsp3) is 0. The number of hydrogen-bond donors (Lipinski definition) is 0. The van der Waals surface area contributed by atoms with Crippen LogP contribution in [0.5, 0.6) is 0 Å². The predicted octanol–water partition coefficient (Wildman–Crippen LogP) is 0.659. The first-order chi connectivity index (χ1) is 7.83. The Balaban J connectivity index is 0.00000108. The van der Waals surface area contributed by atoms with Crippen LogP contribution < -0.4 is 17.0 Å². The maximum atomic E-state index is 5.85. The van der Waals surface area contributed by atoms with E-state index in [1.54, 1.807) is 0 Å². The lowest BCUT2D eigenvalue weighted by molar-refractivity contribution is -0.00000313. The van der Waals surface area contributed by atoms with Crippen LogP contribution >= 0.6 is 11.6 Å².